The third-order valence-corrected chi connectivity index (χ3v) is 5.31. The molecule has 0 saturated carbocycles. The average Bonchev–Trinajstić information content (AvgIpc) is 2.82. The fourth-order valence-electron chi connectivity index (χ4n) is 2.36. The smallest absolute Gasteiger partial charge is 0.141 e. The lowest BCUT2D eigenvalue weighted by atomic mass is 9.98. The van der Waals surface area contributed by atoms with E-state index in [1.54, 1.807) is 11.3 Å². The van der Waals surface area contributed by atoms with Crippen LogP contribution >= 0.6 is 34.5 Å². The molecule has 102 valence electrons. The molecule has 0 unspecified atom stereocenters. The summed E-state index contributed by atoms with van der Waals surface area (Å²) in [5.74, 6) is 0. The normalized spacial score (nSPS) is 11.2. The minimum atomic E-state index is 0.500. The van der Waals surface area contributed by atoms with E-state index in [0.29, 0.717) is 5.15 Å². The fourth-order valence-corrected chi connectivity index (χ4v) is 3.91. The monoisotopic (exact) mass is 322 g/mol. The number of aromatic nitrogens is 2. The van der Waals surface area contributed by atoms with Crippen molar-refractivity contribution < 1.29 is 0 Å². The lowest BCUT2D eigenvalue weighted by molar-refractivity contribution is 1.19. The summed E-state index contributed by atoms with van der Waals surface area (Å²) in [5.41, 5.74) is 3.29. The number of thiophene rings is 1. The number of aryl methyl sites for hydroxylation is 1. The van der Waals surface area contributed by atoms with Gasteiger partial charge < -0.3 is 0 Å². The molecule has 0 spiro atoms. The first-order valence-electron chi connectivity index (χ1n) is 6.30. The van der Waals surface area contributed by atoms with Gasteiger partial charge in [-0.1, -0.05) is 42.3 Å². The number of halogens is 2. The highest BCUT2D eigenvalue weighted by Crippen LogP contribution is 2.42. The Kier molecular flexibility index (Phi) is 3.67. The maximum Gasteiger partial charge on any atom is 0.141 e. The summed E-state index contributed by atoms with van der Waals surface area (Å²) >= 11 is 14.2. The van der Waals surface area contributed by atoms with E-state index in [2.05, 4.69) is 23.0 Å². The van der Waals surface area contributed by atoms with Crippen molar-refractivity contribution >= 4 is 44.8 Å². The molecule has 3 aromatic rings. The molecule has 0 fully saturated rings. The van der Waals surface area contributed by atoms with Crippen LogP contribution in [0.1, 0.15) is 17.4 Å². The molecule has 2 heterocycles. The Morgan fingerprint density at radius 3 is 2.75 bits per heavy atom. The van der Waals surface area contributed by atoms with E-state index in [4.69, 9.17) is 23.2 Å². The Labute approximate surface area is 131 Å². The van der Waals surface area contributed by atoms with Gasteiger partial charge in [-0.3, -0.25) is 0 Å². The molecule has 2 aromatic heterocycles. The van der Waals surface area contributed by atoms with Gasteiger partial charge in [0.25, 0.3) is 0 Å². The van der Waals surface area contributed by atoms with Gasteiger partial charge in [-0.05, 0) is 30.5 Å². The second kappa shape index (κ2) is 5.32. The highest BCUT2D eigenvalue weighted by Gasteiger charge is 2.19. The molecule has 5 heteroatoms. The first kappa shape index (κ1) is 13.8. The van der Waals surface area contributed by atoms with Crippen molar-refractivity contribution in [3.63, 3.8) is 0 Å². The van der Waals surface area contributed by atoms with Gasteiger partial charge in [-0.2, -0.15) is 0 Å². The number of rotatable bonds is 2. The molecule has 0 aliphatic heterocycles. The first-order chi connectivity index (χ1) is 9.63. The van der Waals surface area contributed by atoms with Gasteiger partial charge in [-0.15, -0.1) is 11.3 Å². The zero-order chi connectivity index (χ0) is 14.3. The van der Waals surface area contributed by atoms with Crippen LogP contribution in [0.25, 0.3) is 21.3 Å². The van der Waals surface area contributed by atoms with Crippen molar-refractivity contribution in [1.29, 1.82) is 0 Å². The van der Waals surface area contributed by atoms with Gasteiger partial charge >= 0.3 is 0 Å². The molecule has 0 saturated heterocycles. The summed E-state index contributed by atoms with van der Waals surface area (Å²) in [5, 5.41) is 2.19. The van der Waals surface area contributed by atoms with Crippen molar-refractivity contribution in [3.8, 4) is 11.1 Å². The van der Waals surface area contributed by atoms with Crippen LogP contribution in [0.2, 0.25) is 10.2 Å². The molecule has 0 radical (unpaired) electrons. The largest absolute Gasteiger partial charge is 0.225 e. The second-order valence-corrected chi connectivity index (χ2v) is 6.36. The van der Waals surface area contributed by atoms with Crippen LogP contribution in [0.3, 0.4) is 0 Å². The van der Waals surface area contributed by atoms with Gasteiger partial charge in [0.2, 0.25) is 0 Å². The lowest BCUT2D eigenvalue weighted by Crippen LogP contribution is -1.88. The van der Waals surface area contributed by atoms with Crippen LogP contribution < -0.4 is 0 Å². The summed E-state index contributed by atoms with van der Waals surface area (Å²) in [6.07, 6.45) is 2.44. The number of fused-ring (bicyclic) bond motifs is 1. The van der Waals surface area contributed by atoms with Crippen molar-refractivity contribution in [2.24, 2.45) is 0 Å². The molecule has 20 heavy (non-hydrogen) atoms. The number of hydrogen-bond acceptors (Lipinski definition) is 3. The molecule has 0 atom stereocenters. The number of hydrogen-bond donors (Lipinski definition) is 0. The van der Waals surface area contributed by atoms with E-state index in [1.807, 2.05) is 19.1 Å². The van der Waals surface area contributed by atoms with E-state index < -0.39 is 0 Å². The predicted octanol–water partition coefficient (Wildman–Crippen LogP) is 5.54. The lowest BCUT2D eigenvalue weighted by Gasteiger charge is -2.09. The number of nitrogens with zero attached hydrogens (tertiary/aromatic N) is 2. The molecule has 1 aromatic carbocycles. The van der Waals surface area contributed by atoms with Crippen LogP contribution in [0.15, 0.2) is 24.5 Å². The van der Waals surface area contributed by atoms with Gasteiger partial charge in [0.15, 0.2) is 0 Å². The topological polar surface area (TPSA) is 25.8 Å². The molecule has 2 nitrogen and oxygen atoms in total. The van der Waals surface area contributed by atoms with Crippen molar-refractivity contribution in [2.75, 3.05) is 0 Å². The molecule has 3 rings (SSSR count). The van der Waals surface area contributed by atoms with Crippen molar-refractivity contribution in [1.82, 2.24) is 9.97 Å². The Bertz CT molecular complexity index is 796. The van der Waals surface area contributed by atoms with E-state index in [9.17, 15) is 0 Å². The quantitative estimate of drug-likeness (QED) is 0.579. The molecule has 0 aliphatic rings. The zero-order valence-corrected chi connectivity index (χ0v) is 13.4. The second-order valence-electron chi connectivity index (χ2n) is 4.51. The van der Waals surface area contributed by atoms with Crippen LogP contribution in [0.5, 0.6) is 0 Å². The summed E-state index contributed by atoms with van der Waals surface area (Å²) < 4.78 is 0. The van der Waals surface area contributed by atoms with E-state index in [-0.39, 0.29) is 0 Å². The SMILES string of the molecule is CCc1sc2ncnc(Cl)c2c1-c1cccc(Cl)c1C. The molecule has 0 aliphatic carbocycles. The maximum atomic E-state index is 6.30. The summed E-state index contributed by atoms with van der Waals surface area (Å²) in [4.78, 5) is 10.6. The minimum absolute atomic E-state index is 0.500. The molecular weight excluding hydrogens is 311 g/mol. The minimum Gasteiger partial charge on any atom is -0.225 e. The van der Waals surface area contributed by atoms with Crippen LogP contribution in [-0.2, 0) is 6.42 Å². The molecule has 0 N–H and O–H groups in total. The Balaban J connectivity index is 2.43. The highest BCUT2D eigenvalue weighted by atomic mass is 35.5. The molecular formula is C15H12Cl2N2S. The van der Waals surface area contributed by atoms with Gasteiger partial charge in [0.1, 0.15) is 16.3 Å². The summed E-state index contributed by atoms with van der Waals surface area (Å²) in [6.45, 7) is 4.16. The first-order valence-corrected chi connectivity index (χ1v) is 7.88. The summed E-state index contributed by atoms with van der Waals surface area (Å²) in [7, 11) is 0. The van der Waals surface area contributed by atoms with E-state index >= 15 is 0 Å². The standard InChI is InChI=1S/C15H12Cl2N2S/c1-3-11-12(9-5-4-6-10(16)8(9)2)13-14(17)18-7-19-15(13)20-11/h4-7H,3H2,1-2H3. The number of benzene rings is 1. The zero-order valence-electron chi connectivity index (χ0n) is 11.1. The van der Waals surface area contributed by atoms with E-state index in [0.717, 1.165) is 38.4 Å². The maximum absolute atomic E-state index is 6.30. The molecule has 0 amide bonds. The Hall–Kier alpha value is -1.16. The van der Waals surface area contributed by atoms with Crippen LogP contribution in [0.4, 0.5) is 0 Å². The van der Waals surface area contributed by atoms with Crippen LogP contribution in [0, 0.1) is 6.92 Å². The van der Waals surface area contributed by atoms with Gasteiger partial charge in [0, 0.05) is 15.5 Å². The average molecular weight is 323 g/mol. The highest BCUT2D eigenvalue weighted by molar-refractivity contribution is 7.19. The summed E-state index contributed by atoms with van der Waals surface area (Å²) in [6, 6.07) is 5.94. The fraction of sp³-hybridized carbons (Fsp3) is 0.200. The predicted molar refractivity (Wildman–Crippen MR) is 87.0 cm³/mol. The van der Waals surface area contributed by atoms with E-state index in [1.165, 1.54) is 11.2 Å². The van der Waals surface area contributed by atoms with Gasteiger partial charge in [-0.25, -0.2) is 9.97 Å². The third-order valence-electron chi connectivity index (χ3n) is 3.37. The molecule has 0 bridgehead atoms. The Morgan fingerprint density at radius 1 is 1.20 bits per heavy atom. The van der Waals surface area contributed by atoms with Crippen molar-refractivity contribution in [2.45, 2.75) is 20.3 Å². The Morgan fingerprint density at radius 2 is 2.00 bits per heavy atom. The van der Waals surface area contributed by atoms with Crippen LogP contribution in [-0.4, -0.2) is 9.97 Å². The third kappa shape index (κ3) is 2.10. The van der Waals surface area contributed by atoms with Crippen molar-refractivity contribution in [3.05, 3.63) is 45.1 Å². The van der Waals surface area contributed by atoms with Gasteiger partial charge in [0.05, 0.1) is 5.39 Å².